The van der Waals surface area contributed by atoms with Gasteiger partial charge in [-0.1, -0.05) is 33.6 Å². The summed E-state index contributed by atoms with van der Waals surface area (Å²) >= 11 is 0. The van der Waals surface area contributed by atoms with Gasteiger partial charge in [0.25, 0.3) is 0 Å². The number of carbonyl (C=O) groups excluding carboxylic acids is 1. The van der Waals surface area contributed by atoms with E-state index in [-0.39, 0.29) is 18.1 Å². The molecule has 3 atom stereocenters. The minimum absolute atomic E-state index is 0.0560. The van der Waals surface area contributed by atoms with Gasteiger partial charge >= 0.3 is 0 Å². The molecule has 22 heavy (non-hydrogen) atoms. The molecule has 0 bridgehead atoms. The van der Waals surface area contributed by atoms with Crippen molar-refractivity contribution in [1.29, 1.82) is 0 Å². The van der Waals surface area contributed by atoms with Gasteiger partial charge < -0.3 is 14.7 Å². The van der Waals surface area contributed by atoms with Crippen LogP contribution in [0.25, 0.3) is 0 Å². The standard InChI is InChI=1S/C17H32N2O3/c1-4-14(5-2)16(18-8-10-22-11-9-18)17(21)19-7-6-13(3)15(20)12-19/h13-16,20H,4-12H2,1-3H3. The number of hydrogen-bond acceptors (Lipinski definition) is 4. The van der Waals surface area contributed by atoms with Crippen LogP contribution in [0, 0.1) is 11.8 Å². The smallest absolute Gasteiger partial charge is 0.240 e. The maximum absolute atomic E-state index is 13.1. The van der Waals surface area contributed by atoms with Crippen LogP contribution in [0.4, 0.5) is 0 Å². The fourth-order valence-electron chi connectivity index (χ4n) is 3.68. The largest absolute Gasteiger partial charge is 0.391 e. The van der Waals surface area contributed by atoms with Crippen molar-refractivity contribution in [3.05, 3.63) is 0 Å². The highest BCUT2D eigenvalue weighted by Gasteiger charge is 2.37. The number of rotatable bonds is 5. The van der Waals surface area contributed by atoms with Gasteiger partial charge in [0.15, 0.2) is 0 Å². The number of carbonyl (C=O) groups is 1. The van der Waals surface area contributed by atoms with Gasteiger partial charge in [-0.3, -0.25) is 9.69 Å². The summed E-state index contributed by atoms with van der Waals surface area (Å²) in [5.74, 6) is 0.877. The third-order valence-corrected chi connectivity index (χ3v) is 5.42. The van der Waals surface area contributed by atoms with E-state index in [0.29, 0.717) is 31.6 Å². The Morgan fingerprint density at radius 2 is 1.86 bits per heavy atom. The minimum atomic E-state index is -0.384. The van der Waals surface area contributed by atoms with E-state index in [2.05, 4.69) is 25.7 Å². The molecular formula is C17H32N2O3. The quantitative estimate of drug-likeness (QED) is 0.833. The lowest BCUT2D eigenvalue weighted by molar-refractivity contribution is -0.145. The summed E-state index contributed by atoms with van der Waals surface area (Å²) in [6.07, 6.45) is 2.53. The SMILES string of the molecule is CCC(CC)C(C(=O)N1CCC(C)C(O)C1)N1CCOCC1. The number of β-amino-alcohol motifs (C(OH)–C–C–N with tert-alkyl or cyclic N) is 1. The fourth-order valence-corrected chi connectivity index (χ4v) is 3.68. The van der Waals surface area contributed by atoms with Gasteiger partial charge in [0, 0.05) is 26.2 Å². The predicted octanol–water partition coefficient (Wildman–Crippen LogP) is 1.35. The van der Waals surface area contributed by atoms with Crippen LogP contribution in [0.2, 0.25) is 0 Å². The second kappa shape index (κ2) is 8.27. The molecule has 0 radical (unpaired) electrons. The zero-order chi connectivity index (χ0) is 16.1. The van der Waals surface area contributed by atoms with Crippen molar-refractivity contribution in [3.63, 3.8) is 0 Å². The van der Waals surface area contributed by atoms with E-state index in [0.717, 1.165) is 38.9 Å². The number of piperidine rings is 1. The minimum Gasteiger partial charge on any atom is -0.391 e. The number of nitrogens with zero attached hydrogens (tertiary/aromatic N) is 2. The average Bonchev–Trinajstić information content (AvgIpc) is 2.55. The summed E-state index contributed by atoms with van der Waals surface area (Å²) in [4.78, 5) is 17.3. The Bertz CT molecular complexity index is 354. The zero-order valence-corrected chi connectivity index (χ0v) is 14.3. The molecule has 2 aliphatic heterocycles. The molecule has 0 spiro atoms. The number of ether oxygens (including phenoxy) is 1. The molecular weight excluding hydrogens is 280 g/mol. The van der Waals surface area contributed by atoms with Gasteiger partial charge in [0.2, 0.25) is 5.91 Å². The molecule has 0 aromatic carbocycles. The van der Waals surface area contributed by atoms with E-state index in [9.17, 15) is 9.90 Å². The lowest BCUT2D eigenvalue weighted by atomic mass is 9.89. The van der Waals surface area contributed by atoms with E-state index < -0.39 is 0 Å². The van der Waals surface area contributed by atoms with Gasteiger partial charge in [-0.05, 0) is 18.3 Å². The monoisotopic (exact) mass is 312 g/mol. The first kappa shape index (κ1) is 17.7. The molecule has 2 saturated heterocycles. The highest BCUT2D eigenvalue weighted by Crippen LogP contribution is 2.25. The lowest BCUT2D eigenvalue weighted by Gasteiger charge is -2.42. The van der Waals surface area contributed by atoms with Gasteiger partial charge in [0.05, 0.1) is 25.4 Å². The number of likely N-dealkylation sites (tertiary alicyclic amines) is 1. The number of morpholine rings is 1. The Morgan fingerprint density at radius 1 is 1.23 bits per heavy atom. The summed E-state index contributed by atoms with van der Waals surface area (Å²) in [6.45, 7) is 10.8. The van der Waals surface area contributed by atoms with Crippen molar-refractivity contribution in [1.82, 2.24) is 9.80 Å². The van der Waals surface area contributed by atoms with E-state index in [1.165, 1.54) is 0 Å². The zero-order valence-electron chi connectivity index (χ0n) is 14.3. The second-order valence-electron chi connectivity index (χ2n) is 6.79. The molecule has 1 amide bonds. The van der Waals surface area contributed by atoms with Crippen LogP contribution >= 0.6 is 0 Å². The first-order valence-corrected chi connectivity index (χ1v) is 8.87. The number of aliphatic hydroxyl groups is 1. The highest BCUT2D eigenvalue weighted by molar-refractivity contribution is 5.82. The Hall–Kier alpha value is -0.650. The predicted molar refractivity (Wildman–Crippen MR) is 86.6 cm³/mol. The topological polar surface area (TPSA) is 53.0 Å². The molecule has 2 aliphatic rings. The second-order valence-corrected chi connectivity index (χ2v) is 6.79. The van der Waals surface area contributed by atoms with Gasteiger partial charge in [0.1, 0.15) is 0 Å². The lowest BCUT2D eigenvalue weighted by Crippen LogP contribution is -2.58. The van der Waals surface area contributed by atoms with Crippen molar-refractivity contribution in [2.75, 3.05) is 39.4 Å². The van der Waals surface area contributed by atoms with E-state index in [1.54, 1.807) is 0 Å². The first-order chi connectivity index (χ1) is 10.6. The molecule has 2 rings (SSSR count). The summed E-state index contributed by atoms with van der Waals surface area (Å²) in [5.41, 5.74) is 0. The summed E-state index contributed by atoms with van der Waals surface area (Å²) < 4.78 is 5.45. The molecule has 3 unspecified atom stereocenters. The molecule has 1 N–H and O–H groups in total. The van der Waals surface area contributed by atoms with Crippen molar-refractivity contribution >= 4 is 5.91 Å². The van der Waals surface area contributed by atoms with Crippen LogP contribution in [-0.2, 0) is 9.53 Å². The van der Waals surface area contributed by atoms with Crippen molar-refractivity contribution < 1.29 is 14.6 Å². The molecule has 0 aliphatic carbocycles. The highest BCUT2D eigenvalue weighted by atomic mass is 16.5. The Morgan fingerprint density at radius 3 is 2.41 bits per heavy atom. The maximum atomic E-state index is 13.1. The maximum Gasteiger partial charge on any atom is 0.240 e. The van der Waals surface area contributed by atoms with Crippen LogP contribution in [-0.4, -0.2) is 72.4 Å². The average molecular weight is 312 g/mol. The van der Waals surface area contributed by atoms with Crippen molar-refractivity contribution in [2.45, 2.75) is 52.2 Å². The third kappa shape index (κ3) is 4.00. The molecule has 2 heterocycles. The summed E-state index contributed by atoms with van der Waals surface area (Å²) in [6, 6.07) is -0.0560. The van der Waals surface area contributed by atoms with Crippen LogP contribution < -0.4 is 0 Å². The van der Waals surface area contributed by atoms with E-state index in [4.69, 9.17) is 4.74 Å². The molecule has 0 saturated carbocycles. The fraction of sp³-hybridized carbons (Fsp3) is 0.941. The van der Waals surface area contributed by atoms with E-state index in [1.807, 2.05) is 4.90 Å². The van der Waals surface area contributed by atoms with Gasteiger partial charge in [-0.25, -0.2) is 0 Å². The summed E-state index contributed by atoms with van der Waals surface area (Å²) in [7, 11) is 0. The van der Waals surface area contributed by atoms with Crippen LogP contribution in [0.5, 0.6) is 0 Å². The Labute approximate surface area is 134 Å². The van der Waals surface area contributed by atoms with Crippen molar-refractivity contribution in [2.24, 2.45) is 11.8 Å². The van der Waals surface area contributed by atoms with Crippen LogP contribution in [0.1, 0.15) is 40.0 Å². The van der Waals surface area contributed by atoms with Gasteiger partial charge in [-0.15, -0.1) is 0 Å². The molecule has 5 nitrogen and oxygen atoms in total. The van der Waals surface area contributed by atoms with Crippen LogP contribution in [0.3, 0.4) is 0 Å². The normalized spacial score (nSPS) is 28.9. The molecule has 128 valence electrons. The van der Waals surface area contributed by atoms with Crippen LogP contribution in [0.15, 0.2) is 0 Å². The number of hydrogen-bond donors (Lipinski definition) is 1. The molecule has 0 aromatic rings. The number of aliphatic hydroxyl groups excluding tert-OH is 1. The molecule has 0 aromatic heterocycles. The van der Waals surface area contributed by atoms with Crippen molar-refractivity contribution in [3.8, 4) is 0 Å². The first-order valence-electron chi connectivity index (χ1n) is 8.87. The molecule has 2 fully saturated rings. The molecule has 5 heteroatoms. The summed E-state index contributed by atoms with van der Waals surface area (Å²) in [5, 5.41) is 10.1. The van der Waals surface area contributed by atoms with Gasteiger partial charge in [-0.2, -0.15) is 0 Å². The van der Waals surface area contributed by atoms with E-state index >= 15 is 0 Å². The Kier molecular flexibility index (Phi) is 6.66. The Balaban J connectivity index is 2.11. The third-order valence-electron chi connectivity index (χ3n) is 5.42. The number of amides is 1.